The summed E-state index contributed by atoms with van der Waals surface area (Å²) in [6.07, 6.45) is 0. The fourth-order valence-corrected chi connectivity index (χ4v) is 2.30. The number of hydrogen-bond acceptors (Lipinski definition) is 5. The van der Waals surface area contributed by atoms with Crippen LogP contribution in [0.25, 0.3) is 11.0 Å². The summed E-state index contributed by atoms with van der Waals surface area (Å²) < 4.78 is 31.0. The molecule has 98 valence electrons. The molecule has 1 N–H and O–H groups in total. The van der Waals surface area contributed by atoms with Gasteiger partial charge in [-0.25, -0.2) is 13.8 Å². The van der Waals surface area contributed by atoms with Crippen molar-refractivity contribution in [3.05, 3.63) is 35.5 Å². The third-order valence-corrected chi connectivity index (χ3v) is 3.26. The highest BCUT2D eigenvalue weighted by Gasteiger charge is 2.10. The highest BCUT2D eigenvalue weighted by molar-refractivity contribution is 7.98. The van der Waals surface area contributed by atoms with E-state index in [2.05, 4.69) is 20.1 Å². The Morgan fingerprint density at radius 3 is 2.79 bits per heavy atom. The summed E-state index contributed by atoms with van der Waals surface area (Å²) in [5, 5.41) is 4.20. The van der Waals surface area contributed by atoms with Crippen LogP contribution in [-0.4, -0.2) is 20.1 Å². The maximum Gasteiger partial charge on any atom is 0.237 e. The van der Waals surface area contributed by atoms with Crippen molar-refractivity contribution < 1.29 is 13.3 Å². The summed E-state index contributed by atoms with van der Waals surface area (Å²) in [6.45, 7) is 1.73. The van der Waals surface area contributed by atoms with Gasteiger partial charge in [0.25, 0.3) is 0 Å². The van der Waals surface area contributed by atoms with Gasteiger partial charge in [-0.1, -0.05) is 16.9 Å². The lowest BCUT2D eigenvalue weighted by Crippen LogP contribution is -1.82. The second-order valence-corrected chi connectivity index (χ2v) is 4.81. The summed E-state index contributed by atoms with van der Waals surface area (Å²) in [5.41, 5.74) is 0.825. The molecule has 2 aromatic heterocycles. The number of halogens is 2. The number of hydrogen-bond donors (Lipinski definition) is 1. The van der Waals surface area contributed by atoms with Crippen molar-refractivity contribution in [2.45, 2.75) is 17.8 Å². The zero-order valence-electron chi connectivity index (χ0n) is 9.78. The first kappa shape index (κ1) is 12.1. The standard InChI is InChI=1S/C11H8F2N4OS/c1-5-14-10(18-17-5)4-19-11-15-8-2-6(12)7(13)3-9(8)16-11/h2-3H,4H2,1H3,(H,15,16). The molecule has 0 fully saturated rings. The Morgan fingerprint density at radius 1 is 1.26 bits per heavy atom. The minimum Gasteiger partial charge on any atom is -0.338 e. The van der Waals surface area contributed by atoms with Crippen LogP contribution in [0.4, 0.5) is 8.78 Å². The first-order chi connectivity index (χ1) is 9.11. The third-order valence-electron chi connectivity index (χ3n) is 2.40. The van der Waals surface area contributed by atoms with Crippen molar-refractivity contribution >= 4 is 22.8 Å². The zero-order chi connectivity index (χ0) is 13.4. The zero-order valence-corrected chi connectivity index (χ0v) is 10.6. The second kappa shape index (κ2) is 4.61. The van der Waals surface area contributed by atoms with Crippen molar-refractivity contribution in [1.29, 1.82) is 0 Å². The molecule has 3 rings (SSSR count). The van der Waals surface area contributed by atoms with E-state index in [1.165, 1.54) is 11.8 Å². The number of aromatic nitrogens is 4. The summed E-state index contributed by atoms with van der Waals surface area (Å²) in [7, 11) is 0. The van der Waals surface area contributed by atoms with E-state index in [4.69, 9.17) is 4.52 Å². The molecule has 0 saturated heterocycles. The van der Waals surface area contributed by atoms with Crippen molar-refractivity contribution in [2.75, 3.05) is 0 Å². The maximum atomic E-state index is 13.0. The highest BCUT2D eigenvalue weighted by atomic mass is 32.2. The topological polar surface area (TPSA) is 67.6 Å². The van der Waals surface area contributed by atoms with E-state index in [0.29, 0.717) is 33.7 Å². The predicted octanol–water partition coefficient (Wildman–Crippen LogP) is 2.82. The average Bonchev–Trinajstić information content (AvgIpc) is 2.93. The molecule has 0 bridgehead atoms. The molecular formula is C11H8F2N4OS. The van der Waals surface area contributed by atoms with Crippen LogP contribution >= 0.6 is 11.8 Å². The quantitative estimate of drug-likeness (QED) is 0.748. The molecule has 19 heavy (non-hydrogen) atoms. The minimum absolute atomic E-state index is 0.378. The SMILES string of the molecule is Cc1noc(CSc2nc3cc(F)c(F)cc3[nH]2)n1. The molecular weight excluding hydrogens is 274 g/mol. The number of thioether (sulfide) groups is 1. The average molecular weight is 282 g/mol. The third kappa shape index (κ3) is 2.43. The van der Waals surface area contributed by atoms with Crippen molar-refractivity contribution in [3.63, 3.8) is 0 Å². The van der Waals surface area contributed by atoms with Crippen molar-refractivity contribution in [1.82, 2.24) is 20.1 Å². The van der Waals surface area contributed by atoms with Crippen molar-refractivity contribution in [2.24, 2.45) is 0 Å². The predicted molar refractivity (Wildman–Crippen MR) is 64.6 cm³/mol. The van der Waals surface area contributed by atoms with Gasteiger partial charge in [-0.3, -0.25) is 0 Å². The molecule has 0 amide bonds. The largest absolute Gasteiger partial charge is 0.338 e. The molecule has 0 aliphatic heterocycles. The Kier molecular flexibility index (Phi) is 2.94. The van der Waals surface area contributed by atoms with E-state index >= 15 is 0 Å². The molecule has 5 nitrogen and oxygen atoms in total. The van der Waals surface area contributed by atoms with Crippen LogP contribution in [-0.2, 0) is 5.75 Å². The number of aromatic amines is 1. The Hall–Kier alpha value is -1.96. The van der Waals surface area contributed by atoms with E-state index < -0.39 is 11.6 Å². The van der Waals surface area contributed by atoms with Gasteiger partial charge in [0.1, 0.15) is 0 Å². The molecule has 0 aliphatic carbocycles. The van der Waals surface area contributed by atoms with Crippen LogP contribution < -0.4 is 0 Å². The second-order valence-electron chi connectivity index (χ2n) is 3.85. The van der Waals surface area contributed by atoms with Crippen LogP contribution in [0.2, 0.25) is 0 Å². The van der Waals surface area contributed by atoms with Crippen LogP contribution in [0.5, 0.6) is 0 Å². The molecule has 0 atom stereocenters. The van der Waals surface area contributed by atoms with E-state index in [-0.39, 0.29) is 0 Å². The molecule has 1 aromatic carbocycles. The highest BCUT2D eigenvalue weighted by Crippen LogP contribution is 2.23. The van der Waals surface area contributed by atoms with Gasteiger partial charge < -0.3 is 9.51 Å². The van der Waals surface area contributed by atoms with Gasteiger partial charge in [-0.15, -0.1) is 0 Å². The van der Waals surface area contributed by atoms with Crippen LogP contribution in [0.3, 0.4) is 0 Å². The molecule has 0 aliphatic rings. The van der Waals surface area contributed by atoms with Crippen LogP contribution in [0, 0.1) is 18.6 Å². The number of nitrogens with one attached hydrogen (secondary N) is 1. The minimum atomic E-state index is -0.914. The van der Waals surface area contributed by atoms with E-state index in [0.717, 1.165) is 12.1 Å². The molecule has 3 aromatic rings. The molecule has 8 heteroatoms. The lowest BCUT2D eigenvalue weighted by atomic mass is 10.3. The number of benzene rings is 1. The van der Waals surface area contributed by atoms with Gasteiger partial charge in [-0.2, -0.15) is 4.98 Å². The Morgan fingerprint density at radius 2 is 2.05 bits per heavy atom. The summed E-state index contributed by atoms with van der Waals surface area (Å²) >= 11 is 1.32. The Bertz CT molecular complexity index is 700. The van der Waals surface area contributed by atoms with Crippen molar-refractivity contribution in [3.8, 4) is 0 Å². The van der Waals surface area contributed by atoms with E-state index in [9.17, 15) is 8.78 Å². The lowest BCUT2D eigenvalue weighted by molar-refractivity contribution is 0.387. The Balaban J connectivity index is 1.81. The molecule has 2 heterocycles. The molecule has 0 radical (unpaired) electrons. The number of H-pyrrole nitrogens is 1. The Labute approximate surface area is 110 Å². The van der Waals surface area contributed by atoms with Gasteiger partial charge in [0.2, 0.25) is 5.89 Å². The molecule has 0 unspecified atom stereocenters. The molecule has 0 spiro atoms. The summed E-state index contributed by atoms with van der Waals surface area (Å²) in [4.78, 5) is 11.1. The van der Waals surface area contributed by atoms with E-state index in [1.54, 1.807) is 6.92 Å². The monoisotopic (exact) mass is 282 g/mol. The lowest BCUT2D eigenvalue weighted by Gasteiger charge is -1.91. The van der Waals surface area contributed by atoms with Crippen LogP contribution in [0.15, 0.2) is 21.8 Å². The number of nitrogens with zero attached hydrogens (tertiary/aromatic N) is 3. The van der Waals surface area contributed by atoms with E-state index in [1.807, 2.05) is 0 Å². The number of imidazole rings is 1. The smallest absolute Gasteiger partial charge is 0.237 e. The number of aryl methyl sites for hydroxylation is 1. The number of rotatable bonds is 3. The van der Waals surface area contributed by atoms with Gasteiger partial charge in [0, 0.05) is 12.1 Å². The number of fused-ring (bicyclic) bond motifs is 1. The van der Waals surface area contributed by atoms with Crippen LogP contribution in [0.1, 0.15) is 11.7 Å². The van der Waals surface area contributed by atoms with Gasteiger partial charge in [0.15, 0.2) is 22.6 Å². The summed E-state index contributed by atoms with van der Waals surface area (Å²) in [5.74, 6) is -0.348. The fraction of sp³-hybridized carbons (Fsp3) is 0.182. The summed E-state index contributed by atoms with van der Waals surface area (Å²) in [6, 6.07) is 2.14. The first-order valence-corrected chi connectivity index (χ1v) is 6.37. The van der Waals surface area contributed by atoms with Gasteiger partial charge in [0.05, 0.1) is 16.8 Å². The molecule has 0 saturated carbocycles. The fourth-order valence-electron chi connectivity index (χ4n) is 1.58. The maximum absolute atomic E-state index is 13.0. The first-order valence-electron chi connectivity index (χ1n) is 5.38. The van der Waals surface area contributed by atoms with Gasteiger partial charge >= 0.3 is 0 Å². The van der Waals surface area contributed by atoms with Gasteiger partial charge in [-0.05, 0) is 6.92 Å². The normalized spacial score (nSPS) is 11.3.